The molecule has 3 heteroatoms. The van der Waals surface area contributed by atoms with Gasteiger partial charge >= 0.3 is 0 Å². The third-order valence-corrected chi connectivity index (χ3v) is 3.93. The van der Waals surface area contributed by atoms with Crippen LogP contribution in [0.4, 0.5) is 0 Å². The maximum Gasteiger partial charge on any atom is 0.119 e. The van der Waals surface area contributed by atoms with Crippen molar-refractivity contribution < 1.29 is 9.84 Å². The van der Waals surface area contributed by atoms with Crippen molar-refractivity contribution in [3.8, 4) is 5.75 Å². The van der Waals surface area contributed by atoms with Gasteiger partial charge in [0.2, 0.25) is 0 Å². The molecule has 1 aliphatic rings. The summed E-state index contributed by atoms with van der Waals surface area (Å²) in [6.07, 6.45) is 3.35. The summed E-state index contributed by atoms with van der Waals surface area (Å²) in [7, 11) is 0. The van der Waals surface area contributed by atoms with E-state index in [1.807, 2.05) is 26.0 Å². The molecule has 1 heterocycles. The van der Waals surface area contributed by atoms with Crippen molar-refractivity contribution in [3.05, 3.63) is 29.8 Å². The predicted octanol–water partition coefficient (Wildman–Crippen LogP) is 2.48. The van der Waals surface area contributed by atoms with Crippen molar-refractivity contribution in [2.45, 2.75) is 44.6 Å². The van der Waals surface area contributed by atoms with E-state index < -0.39 is 0 Å². The van der Waals surface area contributed by atoms with Gasteiger partial charge in [-0.2, -0.15) is 0 Å². The van der Waals surface area contributed by atoms with Crippen LogP contribution >= 0.6 is 0 Å². The fourth-order valence-electron chi connectivity index (χ4n) is 2.83. The van der Waals surface area contributed by atoms with Gasteiger partial charge in [-0.25, -0.2) is 0 Å². The molecule has 1 aliphatic heterocycles. The Kier molecular flexibility index (Phi) is 4.83. The van der Waals surface area contributed by atoms with E-state index >= 15 is 0 Å². The van der Waals surface area contributed by atoms with Crippen molar-refractivity contribution in [2.24, 2.45) is 0 Å². The molecule has 19 heavy (non-hydrogen) atoms. The van der Waals surface area contributed by atoms with Crippen LogP contribution in [0, 0.1) is 0 Å². The fraction of sp³-hybridized carbons (Fsp3) is 0.625. The molecule has 2 N–H and O–H groups in total. The lowest BCUT2D eigenvalue weighted by Crippen LogP contribution is -2.31. The topological polar surface area (TPSA) is 41.5 Å². The first-order chi connectivity index (χ1) is 9.16. The molecular formula is C16H25NO2. The number of ether oxygens (including phenoxy) is 1. The van der Waals surface area contributed by atoms with Gasteiger partial charge in [0.05, 0.1) is 12.7 Å². The van der Waals surface area contributed by atoms with Crippen LogP contribution in [-0.4, -0.2) is 30.9 Å². The van der Waals surface area contributed by atoms with E-state index in [1.165, 1.54) is 5.56 Å². The standard InChI is InChI=1S/C16H25NO2/c1-13(2)19-15-6-4-14(5-7-15)16(12-18)8-3-10-17-11-9-16/h4-7,13,17-18H,3,8-12H2,1-2H3. The van der Waals surface area contributed by atoms with Crippen LogP contribution < -0.4 is 10.1 Å². The highest BCUT2D eigenvalue weighted by atomic mass is 16.5. The van der Waals surface area contributed by atoms with E-state index in [2.05, 4.69) is 17.4 Å². The molecule has 0 saturated carbocycles. The lowest BCUT2D eigenvalue weighted by Gasteiger charge is -2.31. The second kappa shape index (κ2) is 6.40. The minimum Gasteiger partial charge on any atom is -0.491 e. The first-order valence-corrected chi connectivity index (χ1v) is 7.25. The zero-order chi connectivity index (χ0) is 13.7. The summed E-state index contributed by atoms with van der Waals surface area (Å²) in [6, 6.07) is 8.26. The Morgan fingerprint density at radius 2 is 1.95 bits per heavy atom. The molecule has 0 aromatic heterocycles. The maximum atomic E-state index is 9.88. The predicted molar refractivity (Wildman–Crippen MR) is 77.7 cm³/mol. The number of benzene rings is 1. The molecule has 3 nitrogen and oxygen atoms in total. The van der Waals surface area contributed by atoms with Gasteiger partial charge in [0.25, 0.3) is 0 Å². The normalized spacial score (nSPS) is 24.2. The Bertz CT molecular complexity index is 378. The second-order valence-electron chi connectivity index (χ2n) is 5.73. The van der Waals surface area contributed by atoms with Gasteiger partial charge in [-0.15, -0.1) is 0 Å². The van der Waals surface area contributed by atoms with Crippen LogP contribution in [0.25, 0.3) is 0 Å². The second-order valence-corrected chi connectivity index (χ2v) is 5.73. The highest BCUT2D eigenvalue weighted by Crippen LogP contribution is 2.34. The van der Waals surface area contributed by atoms with Gasteiger partial charge in [0.1, 0.15) is 5.75 Å². The molecule has 1 aromatic rings. The van der Waals surface area contributed by atoms with Crippen LogP contribution in [0.15, 0.2) is 24.3 Å². The summed E-state index contributed by atoms with van der Waals surface area (Å²) in [5.41, 5.74) is 1.15. The number of aliphatic hydroxyl groups excluding tert-OH is 1. The van der Waals surface area contributed by atoms with E-state index in [0.717, 1.165) is 38.1 Å². The van der Waals surface area contributed by atoms with Crippen molar-refractivity contribution >= 4 is 0 Å². The highest BCUT2D eigenvalue weighted by molar-refractivity contribution is 5.33. The Labute approximate surface area is 116 Å². The average molecular weight is 263 g/mol. The molecule has 2 rings (SSSR count). The van der Waals surface area contributed by atoms with Crippen LogP contribution in [0.2, 0.25) is 0 Å². The zero-order valence-electron chi connectivity index (χ0n) is 12.0. The Balaban J connectivity index is 2.18. The summed E-state index contributed by atoms with van der Waals surface area (Å²) in [6.45, 7) is 6.31. The largest absolute Gasteiger partial charge is 0.491 e. The number of hydrogen-bond acceptors (Lipinski definition) is 3. The molecule has 106 valence electrons. The Morgan fingerprint density at radius 3 is 2.58 bits per heavy atom. The number of nitrogens with one attached hydrogen (secondary N) is 1. The summed E-state index contributed by atoms with van der Waals surface area (Å²) in [5, 5.41) is 13.3. The van der Waals surface area contributed by atoms with E-state index in [-0.39, 0.29) is 18.1 Å². The monoisotopic (exact) mass is 263 g/mol. The fourth-order valence-corrected chi connectivity index (χ4v) is 2.83. The molecule has 1 saturated heterocycles. The molecular weight excluding hydrogens is 238 g/mol. The quantitative estimate of drug-likeness (QED) is 0.877. The van der Waals surface area contributed by atoms with E-state index in [4.69, 9.17) is 4.74 Å². The molecule has 0 bridgehead atoms. The van der Waals surface area contributed by atoms with Gasteiger partial charge in [-0.1, -0.05) is 12.1 Å². The summed E-state index contributed by atoms with van der Waals surface area (Å²) in [4.78, 5) is 0. The average Bonchev–Trinajstić information content (AvgIpc) is 2.65. The SMILES string of the molecule is CC(C)Oc1ccc(C2(CO)CCCNCC2)cc1. The number of rotatable bonds is 4. The van der Waals surface area contributed by atoms with Gasteiger partial charge in [-0.3, -0.25) is 0 Å². The lowest BCUT2D eigenvalue weighted by atomic mass is 9.75. The van der Waals surface area contributed by atoms with Crippen molar-refractivity contribution in [1.82, 2.24) is 5.32 Å². The third-order valence-electron chi connectivity index (χ3n) is 3.93. The summed E-state index contributed by atoms with van der Waals surface area (Å²) < 4.78 is 5.67. The summed E-state index contributed by atoms with van der Waals surface area (Å²) in [5.74, 6) is 0.901. The first kappa shape index (κ1) is 14.4. The smallest absolute Gasteiger partial charge is 0.119 e. The number of hydrogen-bond donors (Lipinski definition) is 2. The summed E-state index contributed by atoms with van der Waals surface area (Å²) >= 11 is 0. The Morgan fingerprint density at radius 1 is 1.21 bits per heavy atom. The molecule has 0 aliphatic carbocycles. The molecule has 1 fully saturated rings. The van der Waals surface area contributed by atoms with E-state index in [1.54, 1.807) is 0 Å². The molecule has 0 amide bonds. The maximum absolute atomic E-state index is 9.88. The molecule has 0 radical (unpaired) electrons. The zero-order valence-corrected chi connectivity index (χ0v) is 12.0. The molecule has 1 unspecified atom stereocenters. The lowest BCUT2D eigenvalue weighted by molar-refractivity contribution is 0.178. The van der Waals surface area contributed by atoms with Gasteiger partial charge in [0, 0.05) is 5.41 Å². The third kappa shape index (κ3) is 3.48. The molecule has 1 aromatic carbocycles. The van der Waals surface area contributed by atoms with E-state index in [9.17, 15) is 5.11 Å². The number of aliphatic hydroxyl groups is 1. The van der Waals surface area contributed by atoms with Crippen molar-refractivity contribution in [2.75, 3.05) is 19.7 Å². The Hall–Kier alpha value is -1.06. The van der Waals surface area contributed by atoms with E-state index in [0.29, 0.717) is 0 Å². The van der Waals surface area contributed by atoms with Gasteiger partial charge in [0.15, 0.2) is 0 Å². The minimum atomic E-state index is -0.0835. The van der Waals surface area contributed by atoms with Crippen LogP contribution in [-0.2, 0) is 5.41 Å². The van der Waals surface area contributed by atoms with Crippen molar-refractivity contribution in [1.29, 1.82) is 0 Å². The van der Waals surface area contributed by atoms with Gasteiger partial charge < -0.3 is 15.2 Å². The molecule has 1 atom stereocenters. The first-order valence-electron chi connectivity index (χ1n) is 7.25. The minimum absolute atomic E-state index is 0.0835. The van der Waals surface area contributed by atoms with Gasteiger partial charge in [-0.05, 0) is 63.9 Å². The van der Waals surface area contributed by atoms with Crippen LogP contribution in [0.5, 0.6) is 5.75 Å². The molecule has 0 spiro atoms. The highest BCUT2D eigenvalue weighted by Gasteiger charge is 2.32. The van der Waals surface area contributed by atoms with Crippen molar-refractivity contribution in [3.63, 3.8) is 0 Å². The van der Waals surface area contributed by atoms with Crippen LogP contribution in [0.1, 0.15) is 38.7 Å². The van der Waals surface area contributed by atoms with Crippen LogP contribution in [0.3, 0.4) is 0 Å².